The molecule has 0 aromatic carbocycles. The summed E-state index contributed by atoms with van der Waals surface area (Å²) in [6.07, 6.45) is 2.53. The van der Waals surface area contributed by atoms with Gasteiger partial charge in [-0.25, -0.2) is 0 Å². The second-order valence-corrected chi connectivity index (χ2v) is 3.60. The molecule has 2 aromatic heterocycles. The third kappa shape index (κ3) is 1.83. The minimum atomic E-state index is -0.305. The quantitative estimate of drug-likeness (QED) is 0.838. The summed E-state index contributed by atoms with van der Waals surface area (Å²) in [4.78, 5) is 0. The van der Waals surface area contributed by atoms with E-state index in [-0.39, 0.29) is 6.04 Å². The predicted molar refractivity (Wildman–Crippen MR) is 57.6 cm³/mol. The Balaban J connectivity index is 2.28. The summed E-state index contributed by atoms with van der Waals surface area (Å²) in [5.41, 5.74) is 7.09. The lowest BCUT2D eigenvalue weighted by atomic mass is 10.1. The number of furan rings is 2. The first-order valence-electron chi connectivity index (χ1n) is 5.10. The highest BCUT2D eigenvalue weighted by molar-refractivity contribution is 5.25. The van der Waals surface area contributed by atoms with Crippen molar-refractivity contribution in [2.45, 2.75) is 26.3 Å². The van der Waals surface area contributed by atoms with Crippen LogP contribution in [0.3, 0.4) is 0 Å². The van der Waals surface area contributed by atoms with Gasteiger partial charge in [-0.3, -0.25) is 0 Å². The van der Waals surface area contributed by atoms with Crippen LogP contribution in [0, 0.1) is 6.92 Å². The average molecular weight is 205 g/mol. The van der Waals surface area contributed by atoms with Crippen LogP contribution in [-0.4, -0.2) is 0 Å². The van der Waals surface area contributed by atoms with Gasteiger partial charge in [-0.1, -0.05) is 6.92 Å². The molecular weight excluding hydrogens is 190 g/mol. The number of nitrogens with two attached hydrogens (primary N) is 1. The Morgan fingerprint density at radius 1 is 1.33 bits per heavy atom. The van der Waals surface area contributed by atoms with E-state index in [4.69, 9.17) is 14.6 Å². The van der Waals surface area contributed by atoms with Crippen LogP contribution in [0.1, 0.15) is 35.8 Å². The van der Waals surface area contributed by atoms with Crippen molar-refractivity contribution in [1.82, 2.24) is 0 Å². The molecule has 0 saturated carbocycles. The zero-order chi connectivity index (χ0) is 10.8. The molecule has 0 bridgehead atoms. The van der Waals surface area contributed by atoms with Gasteiger partial charge in [0.05, 0.1) is 6.26 Å². The van der Waals surface area contributed by atoms with Crippen molar-refractivity contribution in [3.05, 3.63) is 47.3 Å². The second kappa shape index (κ2) is 3.95. The van der Waals surface area contributed by atoms with Gasteiger partial charge in [-0.15, -0.1) is 0 Å². The zero-order valence-corrected chi connectivity index (χ0v) is 8.99. The Labute approximate surface area is 88.9 Å². The molecule has 2 N–H and O–H groups in total. The normalized spacial score (nSPS) is 13.0. The molecular formula is C12H15NO2. The highest BCUT2D eigenvalue weighted by atomic mass is 16.4. The first kappa shape index (κ1) is 10.1. The first-order chi connectivity index (χ1) is 7.22. The number of hydrogen-bond acceptors (Lipinski definition) is 3. The maximum atomic E-state index is 6.04. The van der Waals surface area contributed by atoms with Crippen LogP contribution in [0.2, 0.25) is 0 Å². The van der Waals surface area contributed by atoms with Crippen molar-refractivity contribution in [2.24, 2.45) is 5.73 Å². The molecule has 0 aliphatic heterocycles. The molecule has 2 heterocycles. The lowest BCUT2D eigenvalue weighted by molar-refractivity contribution is 0.413. The van der Waals surface area contributed by atoms with Crippen LogP contribution in [0.25, 0.3) is 0 Å². The first-order valence-corrected chi connectivity index (χ1v) is 5.10. The Morgan fingerprint density at radius 3 is 2.67 bits per heavy atom. The Bertz CT molecular complexity index is 442. The Morgan fingerprint density at radius 2 is 2.13 bits per heavy atom. The van der Waals surface area contributed by atoms with Crippen molar-refractivity contribution in [2.75, 3.05) is 0 Å². The maximum Gasteiger partial charge on any atom is 0.131 e. The van der Waals surface area contributed by atoms with Crippen molar-refractivity contribution in [1.29, 1.82) is 0 Å². The highest BCUT2D eigenvalue weighted by Gasteiger charge is 2.17. The molecule has 0 aliphatic carbocycles. The molecule has 0 spiro atoms. The fourth-order valence-electron chi connectivity index (χ4n) is 1.58. The van der Waals surface area contributed by atoms with Gasteiger partial charge in [0.1, 0.15) is 23.3 Å². The van der Waals surface area contributed by atoms with Crippen LogP contribution >= 0.6 is 0 Å². The lowest BCUT2D eigenvalue weighted by Crippen LogP contribution is -2.10. The molecule has 1 unspecified atom stereocenters. The minimum Gasteiger partial charge on any atom is -0.467 e. The lowest BCUT2D eigenvalue weighted by Gasteiger charge is -2.06. The molecule has 0 amide bonds. The number of aryl methyl sites for hydroxylation is 2. The molecule has 80 valence electrons. The zero-order valence-electron chi connectivity index (χ0n) is 8.99. The molecule has 2 rings (SSSR count). The molecule has 15 heavy (non-hydrogen) atoms. The Hall–Kier alpha value is -1.48. The van der Waals surface area contributed by atoms with E-state index in [2.05, 4.69) is 0 Å². The number of hydrogen-bond donors (Lipinski definition) is 1. The van der Waals surface area contributed by atoms with Crippen molar-refractivity contribution < 1.29 is 8.83 Å². The summed E-state index contributed by atoms with van der Waals surface area (Å²) in [5, 5.41) is 0. The van der Waals surface area contributed by atoms with Crippen LogP contribution < -0.4 is 5.73 Å². The van der Waals surface area contributed by atoms with Crippen LogP contribution in [-0.2, 0) is 6.42 Å². The van der Waals surface area contributed by atoms with Gasteiger partial charge in [-0.2, -0.15) is 0 Å². The van der Waals surface area contributed by atoms with Gasteiger partial charge in [-0.05, 0) is 30.7 Å². The summed E-state index contributed by atoms with van der Waals surface area (Å²) in [6, 6.07) is 5.46. The van der Waals surface area contributed by atoms with Crippen molar-refractivity contribution in [3.8, 4) is 0 Å². The van der Waals surface area contributed by atoms with E-state index in [1.807, 2.05) is 32.0 Å². The van der Waals surface area contributed by atoms with Crippen LogP contribution in [0.5, 0.6) is 0 Å². The van der Waals surface area contributed by atoms with E-state index in [1.54, 1.807) is 6.26 Å². The van der Waals surface area contributed by atoms with Gasteiger partial charge in [0.25, 0.3) is 0 Å². The molecule has 0 radical (unpaired) electrons. The SMILES string of the molecule is CCc1ccc(C(N)c2occc2C)o1. The van der Waals surface area contributed by atoms with Gasteiger partial charge >= 0.3 is 0 Å². The fourth-order valence-corrected chi connectivity index (χ4v) is 1.58. The highest BCUT2D eigenvalue weighted by Crippen LogP contribution is 2.24. The van der Waals surface area contributed by atoms with Crippen LogP contribution in [0.15, 0.2) is 33.3 Å². The maximum absolute atomic E-state index is 6.04. The molecule has 0 fully saturated rings. The molecule has 0 saturated heterocycles. The molecule has 1 atom stereocenters. The summed E-state index contributed by atoms with van der Waals surface area (Å²) < 4.78 is 10.9. The van der Waals surface area contributed by atoms with Crippen molar-refractivity contribution in [3.63, 3.8) is 0 Å². The van der Waals surface area contributed by atoms with Gasteiger partial charge in [0.15, 0.2) is 0 Å². The fraction of sp³-hybridized carbons (Fsp3) is 0.333. The predicted octanol–water partition coefficient (Wildman–Crippen LogP) is 2.79. The summed E-state index contributed by atoms with van der Waals surface area (Å²) in [5.74, 6) is 2.47. The third-order valence-corrected chi connectivity index (χ3v) is 2.52. The summed E-state index contributed by atoms with van der Waals surface area (Å²) in [6.45, 7) is 4.02. The monoisotopic (exact) mass is 205 g/mol. The van der Waals surface area contributed by atoms with E-state index < -0.39 is 0 Å². The van der Waals surface area contributed by atoms with Gasteiger partial charge in [0, 0.05) is 6.42 Å². The molecule has 2 aromatic rings. The number of rotatable bonds is 3. The van der Waals surface area contributed by atoms with Gasteiger partial charge < -0.3 is 14.6 Å². The smallest absolute Gasteiger partial charge is 0.131 e. The second-order valence-electron chi connectivity index (χ2n) is 3.60. The minimum absolute atomic E-state index is 0.305. The van der Waals surface area contributed by atoms with E-state index in [0.717, 1.165) is 29.3 Å². The Kier molecular flexibility index (Phi) is 2.64. The van der Waals surface area contributed by atoms with E-state index in [1.165, 1.54) is 0 Å². The average Bonchev–Trinajstić information content (AvgIpc) is 2.84. The van der Waals surface area contributed by atoms with E-state index in [0.29, 0.717) is 0 Å². The molecule has 3 nitrogen and oxygen atoms in total. The topological polar surface area (TPSA) is 52.3 Å². The van der Waals surface area contributed by atoms with E-state index in [9.17, 15) is 0 Å². The third-order valence-electron chi connectivity index (χ3n) is 2.52. The summed E-state index contributed by atoms with van der Waals surface area (Å²) >= 11 is 0. The standard InChI is InChI=1S/C12H15NO2/c1-3-9-4-5-10(15-9)11(13)12-8(2)6-7-14-12/h4-7,11H,3,13H2,1-2H3. The summed E-state index contributed by atoms with van der Waals surface area (Å²) in [7, 11) is 0. The van der Waals surface area contributed by atoms with Crippen LogP contribution in [0.4, 0.5) is 0 Å². The van der Waals surface area contributed by atoms with E-state index >= 15 is 0 Å². The molecule has 0 aliphatic rings. The van der Waals surface area contributed by atoms with Gasteiger partial charge in [0.2, 0.25) is 0 Å². The largest absolute Gasteiger partial charge is 0.467 e. The molecule has 3 heteroatoms. The van der Waals surface area contributed by atoms with Crippen molar-refractivity contribution >= 4 is 0 Å².